The van der Waals surface area contributed by atoms with Crippen LogP contribution in [0.15, 0.2) is 34.2 Å². The van der Waals surface area contributed by atoms with E-state index in [0.717, 1.165) is 17.4 Å². The highest BCUT2D eigenvalue weighted by atomic mass is 79.9. The molecule has 0 saturated heterocycles. The van der Waals surface area contributed by atoms with Crippen LogP contribution in [-0.4, -0.2) is 17.6 Å². The standard InChI is InChI=1S/C17H21BrN2S/c1-2-19-16(10-13-7-6-12(18)11-20-13)14-4-3-5-17-15(14)8-9-21-17/h6-9,11,14,16,19H,2-5,10H2,1H3. The molecule has 2 aromatic rings. The minimum atomic E-state index is 0.484. The molecule has 2 unspecified atom stereocenters. The summed E-state index contributed by atoms with van der Waals surface area (Å²) in [5.41, 5.74) is 2.75. The van der Waals surface area contributed by atoms with Crippen LogP contribution in [0.4, 0.5) is 0 Å². The van der Waals surface area contributed by atoms with E-state index < -0.39 is 0 Å². The van der Waals surface area contributed by atoms with Crippen molar-refractivity contribution in [2.24, 2.45) is 0 Å². The first kappa shape index (κ1) is 15.2. The Morgan fingerprint density at radius 2 is 2.33 bits per heavy atom. The Labute approximate surface area is 139 Å². The average Bonchev–Trinajstić information content (AvgIpc) is 2.97. The van der Waals surface area contributed by atoms with Gasteiger partial charge < -0.3 is 5.32 Å². The van der Waals surface area contributed by atoms with Crippen LogP contribution >= 0.6 is 27.3 Å². The monoisotopic (exact) mass is 364 g/mol. The lowest BCUT2D eigenvalue weighted by Crippen LogP contribution is -2.38. The topological polar surface area (TPSA) is 24.9 Å². The molecule has 21 heavy (non-hydrogen) atoms. The molecule has 112 valence electrons. The van der Waals surface area contributed by atoms with Gasteiger partial charge in [0.15, 0.2) is 0 Å². The highest BCUT2D eigenvalue weighted by Gasteiger charge is 2.28. The van der Waals surface area contributed by atoms with Gasteiger partial charge in [-0.25, -0.2) is 0 Å². The summed E-state index contributed by atoms with van der Waals surface area (Å²) in [6.07, 6.45) is 6.76. The molecule has 2 aromatic heterocycles. The zero-order chi connectivity index (χ0) is 14.7. The van der Waals surface area contributed by atoms with Crippen LogP contribution < -0.4 is 5.32 Å². The summed E-state index contributed by atoms with van der Waals surface area (Å²) >= 11 is 5.38. The maximum absolute atomic E-state index is 4.55. The largest absolute Gasteiger partial charge is 0.313 e. The van der Waals surface area contributed by atoms with Crippen molar-refractivity contribution < 1.29 is 0 Å². The number of halogens is 1. The summed E-state index contributed by atoms with van der Waals surface area (Å²) in [7, 11) is 0. The molecule has 2 heterocycles. The Morgan fingerprint density at radius 3 is 3.10 bits per heavy atom. The summed E-state index contributed by atoms with van der Waals surface area (Å²) in [5.74, 6) is 0.630. The Hall–Kier alpha value is -0.710. The number of rotatable bonds is 5. The molecule has 0 bridgehead atoms. The summed E-state index contributed by atoms with van der Waals surface area (Å²) in [6.45, 7) is 3.20. The normalized spacial score (nSPS) is 19.2. The van der Waals surface area contributed by atoms with E-state index in [-0.39, 0.29) is 0 Å². The lowest BCUT2D eigenvalue weighted by molar-refractivity contribution is 0.396. The van der Waals surface area contributed by atoms with Crippen LogP contribution in [0, 0.1) is 0 Å². The SMILES string of the molecule is CCNC(Cc1ccc(Br)cn1)C1CCCc2sccc21. The van der Waals surface area contributed by atoms with Crippen molar-refractivity contribution in [3.8, 4) is 0 Å². The Balaban J connectivity index is 1.80. The first-order valence-corrected chi connectivity index (χ1v) is 9.35. The summed E-state index contributed by atoms with van der Waals surface area (Å²) < 4.78 is 1.05. The number of hydrogen-bond donors (Lipinski definition) is 1. The molecule has 0 spiro atoms. The second-order valence-electron chi connectivity index (χ2n) is 5.63. The van der Waals surface area contributed by atoms with Gasteiger partial charge in [-0.2, -0.15) is 0 Å². The van der Waals surface area contributed by atoms with Gasteiger partial charge in [-0.15, -0.1) is 11.3 Å². The van der Waals surface area contributed by atoms with E-state index in [1.807, 2.05) is 17.5 Å². The number of fused-ring (bicyclic) bond motifs is 1. The van der Waals surface area contributed by atoms with Gasteiger partial charge in [0.25, 0.3) is 0 Å². The van der Waals surface area contributed by atoms with Gasteiger partial charge in [-0.05, 0) is 70.9 Å². The van der Waals surface area contributed by atoms with Gasteiger partial charge >= 0.3 is 0 Å². The maximum atomic E-state index is 4.55. The molecule has 2 atom stereocenters. The van der Waals surface area contributed by atoms with E-state index in [4.69, 9.17) is 0 Å². The Morgan fingerprint density at radius 1 is 1.43 bits per heavy atom. The molecule has 0 radical (unpaired) electrons. The van der Waals surface area contributed by atoms with Gasteiger partial charge in [0.05, 0.1) is 0 Å². The molecule has 1 N–H and O–H groups in total. The summed E-state index contributed by atoms with van der Waals surface area (Å²) in [4.78, 5) is 6.15. The highest BCUT2D eigenvalue weighted by molar-refractivity contribution is 9.10. The third-order valence-corrected chi connectivity index (χ3v) is 5.73. The molecule has 0 amide bonds. The fraction of sp³-hybridized carbons (Fsp3) is 0.471. The third-order valence-electron chi connectivity index (χ3n) is 4.27. The molecule has 0 aliphatic heterocycles. The fourth-order valence-electron chi connectivity index (χ4n) is 3.31. The van der Waals surface area contributed by atoms with Crippen LogP contribution in [0.3, 0.4) is 0 Å². The second kappa shape index (κ2) is 7.03. The molecule has 0 fully saturated rings. The van der Waals surface area contributed by atoms with Crippen LogP contribution in [0.25, 0.3) is 0 Å². The van der Waals surface area contributed by atoms with E-state index in [0.29, 0.717) is 12.0 Å². The number of nitrogens with zero attached hydrogens (tertiary/aromatic N) is 1. The lowest BCUT2D eigenvalue weighted by Gasteiger charge is -2.31. The first-order chi connectivity index (χ1) is 10.3. The molecular weight excluding hydrogens is 344 g/mol. The van der Waals surface area contributed by atoms with Gasteiger partial charge in [-0.3, -0.25) is 4.98 Å². The van der Waals surface area contributed by atoms with Crippen molar-refractivity contribution in [3.63, 3.8) is 0 Å². The van der Waals surface area contributed by atoms with Crippen molar-refractivity contribution in [1.82, 2.24) is 10.3 Å². The van der Waals surface area contributed by atoms with Crippen LogP contribution in [0.5, 0.6) is 0 Å². The Kier molecular flexibility index (Phi) is 5.09. The minimum Gasteiger partial charge on any atom is -0.313 e. The average molecular weight is 365 g/mol. The molecule has 2 nitrogen and oxygen atoms in total. The smallest absolute Gasteiger partial charge is 0.0420 e. The van der Waals surface area contributed by atoms with Crippen molar-refractivity contribution in [2.75, 3.05) is 6.54 Å². The fourth-order valence-corrected chi connectivity index (χ4v) is 4.54. The van der Waals surface area contributed by atoms with Gasteiger partial charge in [-0.1, -0.05) is 6.92 Å². The molecule has 0 aromatic carbocycles. The van der Waals surface area contributed by atoms with Gasteiger partial charge in [0.2, 0.25) is 0 Å². The highest BCUT2D eigenvalue weighted by Crippen LogP contribution is 2.37. The molecule has 1 aliphatic carbocycles. The molecular formula is C17H21BrN2S. The third kappa shape index (κ3) is 3.55. The van der Waals surface area contributed by atoms with Crippen LogP contribution in [0.1, 0.15) is 41.8 Å². The van der Waals surface area contributed by atoms with E-state index in [1.165, 1.54) is 25.0 Å². The number of likely N-dealkylation sites (N-methyl/N-ethyl adjacent to an activating group) is 1. The number of pyridine rings is 1. The summed E-state index contributed by atoms with van der Waals surface area (Å²) in [6, 6.07) is 7.04. The summed E-state index contributed by atoms with van der Waals surface area (Å²) in [5, 5.41) is 5.95. The number of hydrogen-bond acceptors (Lipinski definition) is 3. The van der Waals surface area contributed by atoms with Gasteiger partial charge in [0, 0.05) is 39.6 Å². The molecule has 3 rings (SSSR count). The van der Waals surface area contributed by atoms with Crippen LogP contribution in [0.2, 0.25) is 0 Å². The van der Waals surface area contributed by atoms with E-state index in [9.17, 15) is 0 Å². The maximum Gasteiger partial charge on any atom is 0.0420 e. The predicted octanol–water partition coefficient (Wildman–Crippen LogP) is 4.55. The zero-order valence-electron chi connectivity index (χ0n) is 12.3. The predicted molar refractivity (Wildman–Crippen MR) is 93.1 cm³/mol. The van der Waals surface area contributed by atoms with E-state index >= 15 is 0 Å². The van der Waals surface area contributed by atoms with E-state index in [1.54, 1.807) is 10.4 Å². The van der Waals surface area contributed by atoms with E-state index in [2.05, 4.69) is 56.7 Å². The quantitative estimate of drug-likeness (QED) is 0.841. The number of nitrogens with one attached hydrogen (secondary N) is 1. The van der Waals surface area contributed by atoms with Crippen LogP contribution in [-0.2, 0) is 12.8 Å². The molecule has 1 aliphatic rings. The molecule has 0 saturated carbocycles. The molecule has 4 heteroatoms. The number of aryl methyl sites for hydroxylation is 1. The lowest BCUT2D eigenvalue weighted by atomic mass is 9.81. The minimum absolute atomic E-state index is 0.484. The van der Waals surface area contributed by atoms with Gasteiger partial charge in [0.1, 0.15) is 0 Å². The zero-order valence-corrected chi connectivity index (χ0v) is 14.7. The Bertz CT molecular complexity index is 579. The number of thiophene rings is 1. The van der Waals surface area contributed by atoms with Crippen molar-refractivity contribution in [2.45, 2.75) is 44.6 Å². The second-order valence-corrected chi connectivity index (χ2v) is 7.55. The van der Waals surface area contributed by atoms with Crippen molar-refractivity contribution >= 4 is 27.3 Å². The van der Waals surface area contributed by atoms with Crippen molar-refractivity contribution in [3.05, 3.63) is 50.4 Å². The number of aromatic nitrogens is 1. The first-order valence-electron chi connectivity index (χ1n) is 7.68. The van der Waals surface area contributed by atoms with Crippen molar-refractivity contribution in [1.29, 1.82) is 0 Å².